The molecule has 0 saturated carbocycles. The topological polar surface area (TPSA) is 75.4 Å². The lowest BCUT2D eigenvalue weighted by molar-refractivity contribution is -0.127. The number of rotatable bonds is 7. The Morgan fingerprint density at radius 1 is 1.59 bits per heavy atom. The molecular weight excluding hydrogens is 238 g/mol. The van der Waals surface area contributed by atoms with Gasteiger partial charge in [-0.2, -0.15) is 0 Å². The summed E-state index contributed by atoms with van der Waals surface area (Å²) in [7, 11) is 0. The minimum atomic E-state index is 0.125. The van der Waals surface area contributed by atoms with Gasteiger partial charge in [-0.1, -0.05) is 11.8 Å². The Morgan fingerprint density at radius 3 is 3.00 bits per heavy atom. The molecule has 1 aliphatic heterocycles. The Hall–Kier alpha value is -0.590. The molecule has 1 amide bonds. The van der Waals surface area contributed by atoms with Gasteiger partial charge < -0.3 is 16.0 Å². The molecule has 1 saturated heterocycles. The van der Waals surface area contributed by atoms with Crippen LogP contribution in [0.15, 0.2) is 0 Å². The quantitative estimate of drug-likeness (QED) is 0.612. The van der Waals surface area contributed by atoms with Gasteiger partial charge in [-0.05, 0) is 5.92 Å². The first kappa shape index (κ1) is 14.5. The van der Waals surface area contributed by atoms with Crippen LogP contribution in [-0.4, -0.2) is 54.4 Å². The van der Waals surface area contributed by atoms with E-state index in [-0.39, 0.29) is 11.0 Å². The fourth-order valence-corrected chi connectivity index (χ4v) is 2.55. The molecule has 0 radical (unpaired) electrons. The van der Waals surface area contributed by atoms with Crippen molar-refractivity contribution in [1.29, 1.82) is 0 Å². The lowest BCUT2D eigenvalue weighted by Crippen LogP contribution is -2.35. The van der Waals surface area contributed by atoms with Crippen LogP contribution in [0.1, 0.15) is 13.3 Å². The average Bonchev–Trinajstić information content (AvgIpc) is 2.63. The zero-order valence-corrected chi connectivity index (χ0v) is 11.1. The molecule has 98 valence electrons. The Labute approximate surface area is 106 Å². The summed E-state index contributed by atoms with van der Waals surface area (Å²) in [6, 6.07) is 0. The van der Waals surface area contributed by atoms with Crippen molar-refractivity contribution in [3.63, 3.8) is 0 Å². The van der Waals surface area contributed by atoms with Crippen LogP contribution in [0.3, 0.4) is 0 Å². The molecule has 1 fully saturated rings. The number of nitrogens with one attached hydrogen (secondary N) is 1. The average molecular weight is 259 g/mol. The molecule has 17 heavy (non-hydrogen) atoms. The van der Waals surface area contributed by atoms with E-state index in [0.29, 0.717) is 18.9 Å². The standard InChI is InChI=1S/C11H21N3O2S/c1-9(15)17-8-10-6-11(16)14(7-10)5-4-13-3-2-12/h10,13H,2-8,12H2,1H3. The predicted octanol–water partition coefficient (Wildman–Crippen LogP) is -0.337. The summed E-state index contributed by atoms with van der Waals surface area (Å²) in [5.41, 5.74) is 5.36. The van der Waals surface area contributed by atoms with Crippen molar-refractivity contribution in [1.82, 2.24) is 10.2 Å². The normalized spacial score (nSPS) is 20.0. The van der Waals surface area contributed by atoms with Crippen LogP contribution in [0, 0.1) is 5.92 Å². The summed E-state index contributed by atoms with van der Waals surface area (Å²) in [5, 5.41) is 3.29. The first-order chi connectivity index (χ1) is 8.13. The molecule has 0 aromatic rings. The van der Waals surface area contributed by atoms with E-state index in [1.165, 1.54) is 11.8 Å². The zero-order valence-electron chi connectivity index (χ0n) is 10.3. The van der Waals surface area contributed by atoms with Crippen molar-refractivity contribution in [3.8, 4) is 0 Å². The maximum absolute atomic E-state index is 11.7. The Balaban J connectivity index is 2.19. The lowest BCUT2D eigenvalue weighted by atomic mass is 10.1. The monoisotopic (exact) mass is 259 g/mol. The third kappa shape index (κ3) is 5.52. The molecule has 5 nitrogen and oxygen atoms in total. The second kappa shape index (κ2) is 7.68. The Kier molecular flexibility index (Phi) is 6.54. The van der Waals surface area contributed by atoms with Crippen molar-refractivity contribution in [2.45, 2.75) is 13.3 Å². The van der Waals surface area contributed by atoms with Crippen molar-refractivity contribution >= 4 is 22.8 Å². The summed E-state index contributed by atoms with van der Waals surface area (Å²) in [6.45, 7) is 5.27. The van der Waals surface area contributed by atoms with Crippen molar-refractivity contribution in [3.05, 3.63) is 0 Å². The second-order valence-electron chi connectivity index (χ2n) is 4.25. The number of amides is 1. The summed E-state index contributed by atoms with van der Waals surface area (Å²) in [4.78, 5) is 24.4. The van der Waals surface area contributed by atoms with Gasteiger partial charge in [0.15, 0.2) is 5.12 Å². The Bertz CT molecular complexity index is 273. The minimum absolute atomic E-state index is 0.125. The highest BCUT2D eigenvalue weighted by Crippen LogP contribution is 2.21. The lowest BCUT2D eigenvalue weighted by Gasteiger charge is -2.16. The number of hydrogen-bond donors (Lipinski definition) is 2. The molecular formula is C11H21N3O2S. The molecule has 1 unspecified atom stereocenters. The highest BCUT2D eigenvalue weighted by Gasteiger charge is 2.29. The van der Waals surface area contributed by atoms with Gasteiger partial charge in [0.05, 0.1) is 0 Å². The van der Waals surface area contributed by atoms with Gasteiger partial charge >= 0.3 is 0 Å². The number of hydrogen-bond acceptors (Lipinski definition) is 5. The van der Waals surface area contributed by atoms with Gasteiger partial charge in [0.25, 0.3) is 0 Å². The molecule has 1 heterocycles. The molecule has 1 rings (SSSR count). The van der Waals surface area contributed by atoms with E-state index in [9.17, 15) is 9.59 Å². The second-order valence-corrected chi connectivity index (χ2v) is 5.45. The van der Waals surface area contributed by atoms with Gasteiger partial charge in [0.2, 0.25) is 5.91 Å². The van der Waals surface area contributed by atoms with E-state index in [1.54, 1.807) is 6.92 Å². The molecule has 0 aromatic carbocycles. The number of carbonyl (C=O) groups is 2. The van der Waals surface area contributed by atoms with Crippen LogP contribution in [0.2, 0.25) is 0 Å². The number of carbonyl (C=O) groups excluding carboxylic acids is 2. The number of nitrogens with two attached hydrogens (primary N) is 1. The van der Waals surface area contributed by atoms with Gasteiger partial charge in [0, 0.05) is 51.8 Å². The molecule has 0 bridgehead atoms. The fraction of sp³-hybridized carbons (Fsp3) is 0.818. The SMILES string of the molecule is CC(=O)SCC1CC(=O)N(CCNCCN)C1. The number of likely N-dealkylation sites (tertiary alicyclic amines) is 1. The Morgan fingerprint density at radius 2 is 2.35 bits per heavy atom. The first-order valence-electron chi connectivity index (χ1n) is 5.95. The fourth-order valence-electron chi connectivity index (χ4n) is 1.86. The van der Waals surface area contributed by atoms with Gasteiger partial charge in [-0.3, -0.25) is 9.59 Å². The highest BCUT2D eigenvalue weighted by atomic mass is 32.2. The highest BCUT2D eigenvalue weighted by molar-refractivity contribution is 8.13. The van der Waals surface area contributed by atoms with Crippen molar-refractivity contribution < 1.29 is 9.59 Å². The van der Waals surface area contributed by atoms with Crippen LogP contribution in [0.4, 0.5) is 0 Å². The van der Waals surface area contributed by atoms with E-state index < -0.39 is 0 Å². The molecule has 0 spiro atoms. The van der Waals surface area contributed by atoms with Crippen LogP contribution in [-0.2, 0) is 9.59 Å². The maximum Gasteiger partial charge on any atom is 0.222 e. The summed E-state index contributed by atoms with van der Waals surface area (Å²) in [5.74, 6) is 1.29. The molecule has 0 aliphatic carbocycles. The van der Waals surface area contributed by atoms with Crippen LogP contribution >= 0.6 is 11.8 Å². The summed E-state index contributed by atoms with van der Waals surface area (Å²) >= 11 is 1.31. The third-order valence-corrected chi connectivity index (χ3v) is 3.74. The smallest absolute Gasteiger partial charge is 0.222 e. The van der Waals surface area contributed by atoms with Gasteiger partial charge in [-0.25, -0.2) is 0 Å². The molecule has 1 aliphatic rings. The molecule has 0 aromatic heterocycles. The number of thioether (sulfide) groups is 1. The van der Waals surface area contributed by atoms with Crippen LogP contribution in [0.5, 0.6) is 0 Å². The third-order valence-electron chi connectivity index (χ3n) is 2.70. The zero-order chi connectivity index (χ0) is 12.7. The summed E-state index contributed by atoms with van der Waals surface area (Å²) < 4.78 is 0. The van der Waals surface area contributed by atoms with Gasteiger partial charge in [-0.15, -0.1) is 0 Å². The maximum atomic E-state index is 11.7. The first-order valence-corrected chi connectivity index (χ1v) is 6.94. The predicted molar refractivity (Wildman–Crippen MR) is 69.8 cm³/mol. The van der Waals surface area contributed by atoms with Crippen molar-refractivity contribution in [2.24, 2.45) is 11.7 Å². The minimum Gasteiger partial charge on any atom is -0.341 e. The molecule has 1 atom stereocenters. The van der Waals surface area contributed by atoms with E-state index in [2.05, 4.69) is 5.32 Å². The van der Waals surface area contributed by atoms with Crippen LogP contribution < -0.4 is 11.1 Å². The van der Waals surface area contributed by atoms with E-state index in [1.807, 2.05) is 4.90 Å². The van der Waals surface area contributed by atoms with E-state index in [0.717, 1.165) is 31.9 Å². The number of nitrogens with zero attached hydrogens (tertiary/aromatic N) is 1. The largest absolute Gasteiger partial charge is 0.341 e. The summed E-state index contributed by atoms with van der Waals surface area (Å²) in [6.07, 6.45) is 0.581. The van der Waals surface area contributed by atoms with E-state index in [4.69, 9.17) is 5.73 Å². The van der Waals surface area contributed by atoms with Gasteiger partial charge in [0.1, 0.15) is 0 Å². The molecule has 6 heteroatoms. The molecule has 3 N–H and O–H groups in total. The van der Waals surface area contributed by atoms with E-state index >= 15 is 0 Å². The van der Waals surface area contributed by atoms with Crippen molar-refractivity contribution in [2.75, 3.05) is 38.5 Å². The van der Waals surface area contributed by atoms with Crippen LogP contribution in [0.25, 0.3) is 0 Å².